The molecule has 106 valence electrons. The molecule has 2 heteroatoms. The second kappa shape index (κ2) is 7.98. The van der Waals surface area contributed by atoms with Gasteiger partial charge in [0, 0.05) is 0 Å². The molecule has 0 radical (unpaired) electrons. The first-order valence-corrected chi connectivity index (χ1v) is 7.41. The van der Waals surface area contributed by atoms with Gasteiger partial charge in [-0.2, -0.15) is 0 Å². The van der Waals surface area contributed by atoms with Crippen molar-refractivity contribution in [1.82, 2.24) is 0 Å². The van der Waals surface area contributed by atoms with Crippen LogP contribution in [0.2, 0.25) is 0 Å². The number of carboxylic acids is 1. The van der Waals surface area contributed by atoms with E-state index in [4.69, 9.17) is 0 Å². The fourth-order valence-corrected chi connectivity index (χ4v) is 2.84. The Kier molecular flexibility index (Phi) is 6.61. The van der Waals surface area contributed by atoms with Gasteiger partial charge in [-0.15, -0.1) is 0 Å². The van der Waals surface area contributed by atoms with Gasteiger partial charge in [0.2, 0.25) is 0 Å². The normalized spacial score (nSPS) is 14.1. The SMILES string of the molecule is CCCC(C)C(CCC)Cc1ccccc1C(=O)O. The van der Waals surface area contributed by atoms with E-state index in [-0.39, 0.29) is 0 Å². The maximum Gasteiger partial charge on any atom is 0.335 e. The zero-order chi connectivity index (χ0) is 14.3. The Labute approximate surface area is 116 Å². The van der Waals surface area contributed by atoms with Crippen LogP contribution in [0.4, 0.5) is 0 Å². The van der Waals surface area contributed by atoms with Crippen LogP contribution in [0.3, 0.4) is 0 Å². The van der Waals surface area contributed by atoms with Crippen LogP contribution in [0.5, 0.6) is 0 Å². The summed E-state index contributed by atoms with van der Waals surface area (Å²) in [5.74, 6) is 0.436. The molecule has 0 bridgehead atoms. The van der Waals surface area contributed by atoms with Gasteiger partial charge in [-0.25, -0.2) is 4.79 Å². The molecule has 0 aliphatic rings. The van der Waals surface area contributed by atoms with Crippen LogP contribution in [0.25, 0.3) is 0 Å². The summed E-state index contributed by atoms with van der Waals surface area (Å²) in [5.41, 5.74) is 1.45. The monoisotopic (exact) mass is 262 g/mol. The highest BCUT2D eigenvalue weighted by Gasteiger charge is 2.19. The predicted octanol–water partition coefficient (Wildman–Crippen LogP) is 4.78. The molecule has 1 aromatic carbocycles. The number of hydrogen-bond acceptors (Lipinski definition) is 1. The summed E-state index contributed by atoms with van der Waals surface area (Å²) in [4.78, 5) is 11.3. The Balaban J connectivity index is 2.87. The van der Waals surface area contributed by atoms with Crippen molar-refractivity contribution in [2.24, 2.45) is 11.8 Å². The van der Waals surface area contributed by atoms with E-state index < -0.39 is 5.97 Å². The lowest BCUT2D eigenvalue weighted by Crippen LogP contribution is -2.16. The van der Waals surface area contributed by atoms with Gasteiger partial charge < -0.3 is 5.11 Å². The van der Waals surface area contributed by atoms with E-state index in [9.17, 15) is 9.90 Å². The number of carboxylic acid groups (broad SMARTS) is 1. The number of hydrogen-bond donors (Lipinski definition) is 1. The molecule has 0 amide bonds. The molecule has 2 nitrogen and oxygen atoms in total. The molecule has 0 aliphatic heterocycles. The Morgan fingerprint density at radius 1 is 1.16 bits per heavy atom. The molecule has 0 heterocycles. The van der Waals surface area contributed by atoms with Crippen molar-refractivity contribution in [2.45, 2.75) is 52.9 Å². The third-order valence-electron chi connectivity index (χ3n) is 3.94. The Morgan fingerprint density at radius 3 is 2.37 bits per heavy atom. The highest BCUT2D eigenvalue weighted by atomic mass is 16.4. The first-order valence-electron chi connectivity index (χ1n) is 7.41. The maximum atomic E-state index is 11.3. The van der Waals surface area contributed by atoms with E-state index in [0.717, 1.165) is 18.4 Å². The third-order valence-corrected chi connectivity index (χ3v) is 3.94. The van der Waals surface area contributed by atoms with Gasteiger partial charge in [0.15, 0.2) is 0 Å². The van der Waals surface area contributed by atoms with Gasteiger partial charge >= 0.3 is 5.97 Å². The van der Waals surface area contributed by atoms with Crippen molar-refractivity contribution in [3.05, 3.63) is 35.4 Å². The fourth-order valence-electron chi connectivity index (χ4n) is 2.84. The molecule has 0 fully saturated rings. The van der Waals surface area contributed by atoms with Crippen LogP contribution in [0, 0.1) is 11.8 Å². The molecule has 1 aromatic rings. The van der Waals surface area contributed by atoms with E-state index in [1.165, 1.54) is 19.3 Å². The minimum Gasteiger partial charge on any atom is -0.478 e. The van der Waals surface area contributed by atoms with Crippen molar-refractivity contribution in [3.8, 4) is 0 Å². The van der Waals surface area contributed by atoms with Crippen LogP contribution in [-0.4, -0.2) is 11.1 Å². The zero-order valence-corrected chi connectivity index (χ0v) is 12.4. The van der Waals surface area contributed by atoms with E-state index in [1.54, 1.807) is 12.1 Å². The van der Waals surface area contributed by atoms with Crippen LogP contribution in [0.15, 0.2) is 24.3 Å². The summed E-state index contributed by atoms with van der Waals surface area (Å²) in [6, 6.07) is 7.42. The molecule has 2 atom stereocenters. The Hall–Kier alpha value is -1.31. The zero-order valence-electron chi connectivity index (χ0n) is 12.4. The molecule has 0 aromatic heterocycles. The van der Waals surface area contributed by atoms with Gasteiger partial charge in [0.25, 0.3) is 0 Å². The van der Waals surface area contributed by atoms with Gasteiger partial charge in [-0.05, 0) is 29.9 Å². The highest BCUT2D eigenvalue weighted by molar-refractivity contribution is 5.89. The smallest absolute Gasteiger partial charge is 0.335 e. The molecule has 1 N–H and O–H groups in total. The lowest BCUT2D eigenvalue weighted by molar-refractivity contribution is 0.0695. The molecular formula is C17H26O2. The molecule has 0 saturated heterocycles. The van der Waals surface area contributed by atoms with E-state index >= 15 is 0 Å². The Morgan fingerprint density at radius 2 is 1.79 bits per heavy atom. The van der Waals surface area contributed by atoms with Crippen molar-refractivity contribution in [3.63, 3.8) is 0 Å². The maximum absolute atomic E-state index is 11.3. The van der Waals surface area contributed by atoms with Crippen LogP contribution in [0.1, 0.15) is 62.4 Å². The van der Waals surface area contributed by atoms with E-state index in [0.29, 0.717) is 17.4 Å². The number of rotatable bonds is 8. The van der Waals surface area contributed by atoms with Gasteiger partial charge in [-0.1, -0.05) is 64.7 Å². The van der Waals surface area contributed by atoms with Crippen LogP contribution < -0.4 is 0 Å². The van der Waals surface area contributed by atoms with Gasteiger partial charge in [0.05, 0.1) is 5.56 Å². The first kappa shape index (κ1) is 15.7. The van der Waals surface area contributed by atoms with Crippen molar-refractivity contribution >= 4 is 5.97 Å². The first-order chi connectivity index (χ1) is 9.10. The largest absolute Gasteiger partial charge is 0.478 e. The minimum atomic E-state index is -0.811. The topological polar surface area (TPSA) is 37.3 Å². The average Bonchev–Trinajstić information content (AvgIpc) is 2.39. The second-order valence-corrected chi connectivity index (χ2v) is 5.48. The van der Waals surface area contributed by atoms with Gasteiger partial charge in [-0.3, -0.25) is 0 Å². The predicted molar refractivity (Wildman–Crippen MR) is 79.6 cm³/mol. The highest BCUT2D eigenvalue weighted by Crippen LogP contribution is 2.27. The van der Waals surface area contributed by atoms with Crippen molar-refractivity contribution in [1.29, 1.82) is 0 Å². The molecule has 0 aliphatic carbocycles. The van der Waals surface area contributed by atoms with E-state index in [1.807, 2.05) is 12.1 Å². The summed E-state index contributed by atoms with van der Waals surface area (Å²) < 4.78 is 0. The number of aromatic carboxylic acids is 1. The molecule has 1 rings (SSSR count). The summed E-state index contributed by atoms with van der Waals surface area (Å²) in [6.07, 6.45) is 5.64. The van der Waals surface area contributed by atoms with Crippen molar-refractivity contribution in [2.75, 3.05) is 0 Å². The van der Waals surface area contributed by atoms with Crippen molar-refractivity contribution < 1.29 is 9.90 Å². The third kappa shape index (κ3) is 4.70. The van der Waals surface area contributed by atoms with Crippen LogP contribution >= 0.6 is 0 Å². The minimum absolute atomic E-state index is 0.465. The molecule has 0 spiro atoms. The fraction of sp³-hybridized carbons (Fsp3) is 0.588. The molecule has 19 heavy (non-hydrogen) atoms. The summed E-state index contributed by atoms with van der Waals surface area (Å²) >= 11 is 0. The lowest BCUT2D eigenvalue weighted by atomic mass is 9.81. The number of carbonyl (C=O) groups is 1. The molecule has 2 unspecified atom stereocenters. The van der Waals surface area contributed by atoms with E-state index in [2.05, 4.69) is 20.8 Å². The number of benzene rings is 1. The summed E-state index contributed by atoms with van der Waals surface area (Å²) in [6.45, 7) is 6.71. The van der Waals surface area contributed by atoms with Gasteiger partial charge in [0.1, 0.15) is 0 Å². The molecule has 0 saturated carbocycles. The molecular weight excluding hydrogens is 236 g/mol. The second-order valence-electron chi connectivity index (χ2n) is 5.48. The lowest BCUT2D eigenvalue weighted by Gasteiger charge is -2.24. The quantitative estimate of drug-likeness (QED) is 0.732. The van der Waals surface area contributed by atoms with Crippen LogP contribution in [-0.2, 0) is 6.42 Å². The summed E-state index contributed by atoms with van der Waals surface area (Å²) in [5, 5.41) is 9.25. The average molecular weight is 262 g/mol. The Bertz CT molecular complexity index is 398. The summed E-state index contributed by atoms with van der Waals surface area (Å²) in [7, 11) is 0. The standard InChI is InChI=1S/C17H26O2/c1-4-8-13(3)14(9-5-2)12-15-10-6-7-11-16(15)17(18)19/h6-7,10-11,13-14H,4-5,8-9,12H2,1-3H3,(H,18,19).